The monoisotopic (exact) mass is 413 g/mol. The van der Waals surface area contributed by atoms with E-state index < -0.39 is 10.8 Å². The van der Waals surface area contributed by atoms with Gasteiger partial charge in [-0.2, -0.15) is 0 Å². The largest absolute Gasteiger partial charge is 0.325 e. The highest BCUT2D eigenvalue weighted by atomic mass is 32.2. The maximum Gasteiger partial charge on any atom is 0.321 e. The summed E-state index contributed by atoms with van der Waals surface area (Å²) in [6.45, 7) is 1.59. The Morgan fingerprint density at radius 1 is 0.931 bits per heavy atom. The smallest absolute Gasteiger partial charge is 0.321 e. The van der Waals surface area contributed by atoms with Gasteiger partial charge in [0.1, 0.15) is 0 Å². The number of urea groups is 1. The van der Waals surface area contributed by atoms with Crippen LogP contribution in [0.15, 0.2) is 48.5 Å². The first kappa shape index (κ1) is 21.0. The molecule has 6 nitrogen and oxygen atoms in total. The average Bonchev–Trinajstić information content (AvgIpc) is 2.99. The Morgan fingerprint density at radius 2 is 1.55 bits per heavy atom. The second-order valence-electron chi connectivity index (χ2n) is 7.28. The lowest BCUT2D eigenvalue weighted by molar-refractivity contribution is 0.102. The van der Waals surface area contributed by atoms with Crippen LogP contribution in [-0.2, 0) is 16.6 Å². The van der Waals surface area contributed by atoms with E-state index >= 15 is 0 Å². The van der Waals surface area contributed by atoms with E-state index in [0.717, 1.165) is 31.5 Å². The summed E-state index contributed by atoms with van der Waals surface area (Å²) in [7, 11) is -0.956. The van der Waals surface area contributed by atoms with Gasteiger partial charge in [-0.15, -0.1) is 0 Å². The number of hydrogen-bond donors (Lipinski definition) is 2. The molecule has 0 spiro atoms. The van der Waals surface area contributed by atoms with Crippen molar-refractivity contribution in [3.8, 4) is 0 Å². The number of amides is 3. The summed E-state index contributed by atoms with van der Waals surface area (Å²) in [5.41, 5.74) is 2.73. The molecule has 1 fully saturated rings. The van der Waals surface area contributed by atoms with Crippen LogP contribution in [0.25, 0.3) is 0 Å². The molecule has 29 heavy (non-hydrogen) atoms. The van der Waals surface area contributed by atoms with Crippen LogP contribution in [0.3, 0.4) is 0 Å². The van der Waals surface area contributed by atoms with Crippen LogP contribution in [0.5, 0.6) is 0 Å². The first-order valence-electron chi connectivity index (χ1n) is 9.87. The molecule has 1 atom stereocenters. The summed E-state index contributed by atoms with van der Waals surface area (Å²) in [5.74, 6) is 0.196. The number of hydrogen-bond acceptors (Lipinski definition) is 3. The molecule has 1 unspecified atom stereocenters. The summed E-state index contributed by atoms with van der Waals surface area (Å²) in [5, 5.41) is 5.78. The highest BCUT2D eigenvalue weighted by Gasteiger charge is 2.15. The minimum absolute atomic E-state index is 0.0752. The molecule has 2 aromatic carbocycles. The van der Waals surface area contributed by atoms with Gasteiger partial charge >= 0.3 is 6.03 Å². The van der Waals surface area contributed by atoms with E-state index in [1.54, 1.807) is 48.7 Å². The van der Waals surface area contributed by atoms with Gasteiger partial charge in [0.2, 0.25) is 0 Å². The number of nitrogens with zero attached hydrogens (tertiary/aromatic N) is 1. The first-order valence-corrected chi connectivity index (χ1v) is 11.6. The Balaban J connectivity index is 1.58. The van der Waals surface area contributed by atoms with E-state index in [0.29, 0.717) is 22.7 Å². The Labute approximate surface area is 174 Å². The minimum Gasteiger partial charge on any atom is -0.325 e. The van der Waals surface area contributed by atoms with Crippen molar-refractivity contribution in [2.24, 2.45) is 0 Å². The van der Waals surface area contributed by atoms with Gasteiger partial charge in [-0.3, -0.25) is 9.00 Å². The Bertz CT molecular complexity index is 875. The van der Waals surface area contributed by atoms with Gasteiger partial charge in [-0.25, -0.2) is 4.79 Å². The predicted molar refractivity (Wildman–Crippen MR) is 118 cm³/mol. The molecule has 154 valence electrons. The van der Waals surface area contributed by atoms with E-state index in [-0.39, 0.29) is 11.9 Å². The Hall–Kier alpha value is -2.67. The molecule has 2 N–H and O–H groups in total. The van der Waals surface area contributed by atoms with Crippen LogP contribution >= 0.6 is 0 Å². The van der Waals surface area contributed by atoms with Crippen molar-refractivity contribution >= 4 is 34.1 Å². The minimum atomic E-state index is -0.956. The zero-order valence-corrected chi connectivity index (χ0v) is 17.5. The molecule has 0 radical (unpaired) electrons. The molecule has 1 saturated heterocycles. The van der Waals surface area contributed by atoms with E-state index in [1.807, 2.05) is 11.0 Å². The van der Waals surface area contributed by atoms with Crippen LogP contribution < -0.4 is 10.6 Å². The van der Waals surface area contributed by atoms with Gasteiger partial charge in [0.15, 0.2) is 0 Å². The number of nitrogens with one attached hydrogen (secondary N) is 2. The number of carbonyl (C=O) groups excluding carboxylic acids is 2. The lowest BCUT2D eigenvalue weighted by atomic mass is 10.1. The van der Waals surface area contributed by atoms with Crippen molar-refractivity contribution in [1.29, 1.82) is 0 Å². The molecular weight excluding hydrogens is 386 g/mol. The van der Waals surface area contributed by atoms with Crippen molar-refractivity contribution in [3.05, 3.63) is 59.7 Å². The second-order valence-corrected chi connectivity index (χ2v) is 8.72. The van der Waals surface area contributed by atoms with Gasteiger partial charge in [-0.1, -0.05) is 25.0 Å². The third kappa shape index (κ3) is 6.42. The highest BCUT2D eigenvalue weighted by molar-refractivity contribution is 7.83. The van der Waals surface area contributed by atoms with Crippen molar-refractivity contribution < 1.29 is 13.8 Å². The molecule has 0 aliphatic carbocycles. The van der Waals surface area contributed by atoms with E-state index in [9.17, 15) is 13.8 Å². The number of likely N-dealkylation sites (tertiary alicyclic amines) is 1. The van der Waals surface area contributed by atoms with Gasteiger partial charge < -0.3 is 15.5 Å². The zero-order valence-electron chi connectivity index (χ0n) is 16.6. The van der Waals surface area contributed by atoms with Crippen LogP contribution in [0.1, 0.15) is 41.6 Å². The molecule has 1 heterocycles. The fourth-order valence-corrected chi connectivity index (χ4v) is 4.00. The van der Waals surface area contributed by atoms with Crippen LogP contribution in [0.4, 0.5) is 16.2 Å². The molecule has 7 heteroatoms. The third-order valence-corrected chi connectivity index (χ3v) is 5.59. The molecule has 0 bridgehead atoms. The molecule has 3 amide bonds. The van der Waals surface area contributed by atoms with Crippen molar-refractivity contribution in [3.63, 3.8) is 0 Å². The SMILES string of the molecule is CS(=O)Cc1cccc(C(=O)Nc2ccc(NC(=O)N3CCCCCC3)cc2)c1. The summed E-state index contributed by atoms with van der Waals surface area (Å²) < 4.78 is 11.4. The lowest BCUT2D eigenvalue weighted by Gasteiger charge is -2.20. The summed E-state index contributed by atoms with van der Waals surface area (Å²) in [6.07, 6.45) is 6.09. The molecule has 1 aliphatic heterocycles. The van der Waals surface area contributed by atoms with Crippen LogP contribution in [0.2, 0.25) is 0 Å². The fraction of sp³-hybridized carbons (Fsp3) is 0.364. The third-order valence-electron chi connectivity index (χ3n) is 4.85. The second kappa shape index (κ2) is 10.2. The van der Waals surface area contributed by atoms with Gasteiger partial charge in [0.05, 0.1) is 0 Å². The Morgan fingerprint density at radius 3 is 2.17 bits per heavy atom. The molecular formula is C22H27N3O3S. The topological polar surface area (TPSA) is 78.5 Å². The highest BCUT2D eigenvalue weighted by Crippen LogP contribution is 2.17. The summed E-state index contributed by atoms with van der Waals surface area (Å²) >= 11 is 0. The summed E-state index contributed by atoms with van der Waals surface area (Å²) in [4.78, 5) is 26.8. The Kier molecular flexibility index (Phi) is 7.41. The number of carbonyl (C=O) groups is 2. The van der Waals surface area contributed by atoms with Gasteiger partial charge in [0.25, 0.3) is 5.91 Å². The zero-order chi connectivity index (χ0) is 20.6. The van der Waals surface area contributed by atoms with Crippen molar-refractivity contribution in [2.75, 3.05) is 30.0 Å². The first-order chi connectivity index (χ1) is 14.0. The van der Waals surface area contributed by atoms with Crippen LogP contribution in [0, 0.1) is 0 Å². The summed E-state index contributed by atoms with van der Waals surface area (Å²) in [6, 6.07) is 14.2. The van der Waals surface area contributed by atoms with Crippen LogP contribution in [-0.4, -0.2) is 40.4 Å². The molecule has 0 saturated carbocycles. The number of benzene rings is 2. The normalized spacial score (nSPS) is 15.3. The molecule has 1 aliphatic rings. The average molecular weight is 414 g/mol. The van der Waals surface area contributed by atoms with Crippen molar-refractivity contribution in [2.45, 2.75) is 31.4 Å². The standard InChI is InChI=1S/C22H27N3O3S/c1-29(28)16-17-7-6-8-18(15-17)21(26)23-19-9-11-20(12-10-19)24-22(27)25-13-4-2-3-5-14-25/h6-12,15H,2-5,13-14,16H2,1H3,(H,23,26)(H,24,27). The lowest BCUT2D eigenvalue weighted by Crippen LogP contribution is -2.35. The van der Waals surface area contributed by atoms with Gasteiger partial charge in [0, 0.05) is 52.8 Å². The number of rotatable bonds is 5. The van der Waals surface area contributed by atoms with Gasteiger partial charge in [-0.05, 0) is 54.8 Å². The quantitative estimate of drug-likeness (QED) is 0.770. The van der Waals surface area contributed by atoms with E-state index in [2.05, 4.69) is 10.6 Å². The maximum absolute atomic E-state index is 12.5. The van der Waals surface area contributed by atoms with Crippen molar-refractivity contribution in [1.82, 2.24) is 4.90 Å². The number of anilines is 2. The molecule has 2 aromatic rings. The molecule has 0 aromatic heterocycles. The van der Waals surface area contributed by atoms with E-state index in [4.69, 9.17) is 0 Å². The fourth-order valence-electron chi connectivity index (χ4n) is 3.35. The molecule has 3 rings (SSSR count). The predicted octanol–water partition coefficient (Wildman–Crippen LogP) is 4.23. The van der Waals surface area contributed by atoms with E-state index in [1.165, 1.54) is 12.8 Å². The maximum atomic E-state index is 12.5.